The van der Waals surface area contributed by atoms with Crippen LogP contribution in [-0.4, -0.2) is 26.4 Å². The molecule has 0 aliphatic carbocycles. The number of hydrogen-bond acceptors (Lipinski definition) is 4. The van der Waals surface area contributed by atoms with Crippen LogP contribution in [0.3, 0.4) is 0 Å². The third-order valence-electron chi connectivity index (χ3n) is 3.14. The highest BCUT2D eigenvalue weighted by molar-refractivity contribution is 5.27. The van der Waals surface area contributed by atoms with Gasteiger partial charge in [-0.25, -0.2) is 0 Å². The van der Waals surface area contributed by atoms with E-state index >= 15 is 0 Å². The molecule has 2 N–H and O–H groups in total. The Morgan fingerprint density at radius 3 is 2.78 bits per heavy atom. The smallest absolute Gasteiger partial charge is 0.184 e. The number of ether oxygens (including phenoxy) is 3. The van der Waals surface area contributed by atoms with Gasteiger partial charge in [0.05, 0.1) is 19.8 Å². The second-order valence-electron chi connectivity index (χ2n) is 4.45. The lowest BCUT2D eigenvalue weighted by Crippen LogP contribution is -2.27. The molecule has 1 aliphatic heterocycles. The van der Waals surface area contributed by atoms with Crippen LogP contribution in [0.2, 0.25) is 0 Å². The summed E-state index contributed by atoms with van der Waals surface area (Å²) in [5, 5.41) is 0. The highest BCUT2D eigenvalue weighted by atomic mass is 16.7. The van der Waals surface area contributed by atoms with E-state index in [2.05, 4.69) is 0 Å². The Balaban J connectivity index is 1.94. The van der Waals surface area contributed by atoms with Gasteiger partial charge in [-0.2, -0.15) is 0 Å². The van der Waals surface area contributed by atoms with Crippen LogP contribution in [0.15, 0.2) is 24.3 Å². The fraction of sp³-hybridized carbons (Fsp3) is 0.571. The van der Waals surface area contributed by atoms with Crippen LogP contribution in [0.25, 0.3) is 0 Å². The Morgan fingerprint density at radius 1 is 1.33 bits per heavy atom. The van der Waals surface area contributed by atoms with Crippen molar-refractivity contribution in [2.45, 2.75) is 31.7 Å². The average molecular weight is 251 g/mol. The molecule has 18 heavy (non-hydrogen) atoms. The van der Waals surface area contributed by atoms with Crippen molar-refractivity contribution < 1.29 is 14.2 Å². The van der Waals surface area contributed by atoms with E-state index < -0.39 is 0 Å². The first kappa shape index (κ1) is 13.3. The lowest BCUT2D eigenvalue weighted by atomic mass is 10.1. The standard InChI is InChI=1S/C14H21NO3/c1-16-12-6-4-11(5-7-12)14-17-10-8-13(18-14)3-2-9-15/h4-7,13-14H,2-3,8-10,15H2,1H3. The fourth-order valence-electron chi connectivity index (χ4n) is 2.08. The molecule has 1 saturated heterocycles. The molecule has 4 heteroatoms. The lowest BCUT2D eigenvalue weighted by molar-refractivity contribution is -0.218. The van der Waals surface area contributed by atoms with Crippen molar-refractivity contribution in [3.8, 4) is 5.75 Å². The molecule has 0 saturated carbocycles. The summed E-state index contributed by atoms with van der Waals surface area (Å²) in [6.45, 7) is 1.46. The number of benzene rings is 1. The molecule has 2 rings (SSSR count). The van der Waals surface area contributed by atoms with E-state index in [1.807, 2.05) is 24.3 Å². The number of hydrogen-bond donors (Lipinski definition) is 1. The van der Waals surface area contributed by atoms with Crippen molar-refractivity contribution in [2.24, 2.45) is 5.73 Å². The molecule has 0 amide bonds. The summed E-state index contributed by atoms with van der Waals surface area (Å²) in [5.74, 6) is 0.842. The quantitative estimate of drug-likeness (QED) is 0.872. The molecule has 0 radical (unpaired) electrons. The summed E-state index contributed by atoms with van der Waals surface area (Å²) in [6, 6.07) is 7.81. The monoisotopic (exact) mass is 251 g/mol. The Labute approximate surface area is 108 Å². The van der Waals surface area contributed by atoms with Gasteiger partial charge in [-0.1, -0.05) is 12.1 Å². The lowest BCUT2D eigenvalue weighted by Gasteiger charge is -2.30. The van der Waals surface area contributed by atoms with E-state index in [4.69, 9.17) is 19.9 Å². The first-order chi connectivity index (χ1) is 8.83. The second kappa shape index (κ2) is 6.73. The maximum absolute atomic E-state index is 5.93. The summed E-state index contributed by atoms with van der Waals surface area (Å²) in [6.07, 6.45) is 2.96. The summed E-state index contributed by atoms with van der Waals surface area (Å²) >= 11 is 0. The molecule has 2 unspecified atom stereocenters. The molecule has 1 aliphatic rings. The highest BCUT2D eigenvalue weighted by Gasteiger charge is 2.23. The van der Waals surface area contributed by atoms with Crippen molar-refractivity contribution in [1.82, 2.24) is 0 Å². The molecule has 100 valence electrons. The van der Waals surface area contributed by atoms with Crippen LogP contribution in [0.4, 0.5) is 0 Å². The third kappa shape index (κ3) is 3.45. The SMILES string of the molecule is COc1ccc(C2OCCC(CCCN)O2)cc1. The van der Waals surface area contributed by atoms with E-state index in [0.717, 1.165) is 37.2 Å². The molecule has 2 atom stereocenters. The summed E-state index contributed by atoms with van der Waals surface area (Å²) < 4.78 is 16.7. The molecule has 0 bridgehead atoms. The van der Waals surface area contributed by atoms with Crippen molar-refractivity contribution in [1.29, 1.82) is 0 Å². The first-order valence-corrected chi connectivity index (χ1v) is 6.44. The van der Waals surface area contributed by atoms with Gasteiger partial charge in [-0.15, -0.1) is 0 Å². The van der Waals surface area contributed by atoms with Gasteiger partial charge in [-0.05, 0) is 37.9 Å². The maximum Gasteiger partial charge on any atom is 0.184 e. The first-order valence-electron chi connectivity index (χ1n) is 6.44. The number of methoxy groups -OCH3 is 1. The number of nitrogens with two attached hydrogens (primary N) is 1. The Hall–Kier alpha value is -1.10. The van der Waals surface area contributed by atoms with Crippen LogP contribution in [0, 0.1) is 0 Å². The van der Waals surface area contributed by atoms with Gasteiger partial charge in [0.25, 0.3) is 0 Å². The molecule has 0 aromatic heterocycles. The van der Waals surface area contributed by atoms with Crippen LogP contribution in [-0.2, 0) is 9.47 Å². The predicted molar refractivity (Wildman–Crippen MR) is 69.5 cm³/mol. The van der Waals surface area contributed by atoms with Crippen molar-refractivity contribution in [2.75, 3.05) is 20.3 Å². The summed E-state index contributed by atoms with van der Waals surface area (Å²) in [5.41, 5.74) is 6.56. The van der Waals surface area contributed by atoms with E-state index in [1.165, 1.54) is 0 Å². The number of rotatable bonds is 5. The van der Waals surface area contributed by atoms with Crippen LogP contribution >= 0.6 is 0 Å². The zero-order chi connectivity index (χ0) is 12.8. The second-order valence-corrected chi connectivity index (χ2v) is 4.45. The zero-order valence-corrected chi connectivity index (χ0v) is 10.8. The summed E-state index contributed by atoms with van der Waals surface area (Å²) in [4.78, 5) is 0. The molecule has 4 nitrogen and oxygen atoms in total. The predicted octanol–water partition coefficient (Wildman–Crippen LogP) is 2.24. The Morgan fingerprint density at radius 2 is 2.11 bits per heavy atom. The zero-order valence-electron chi connectivity index (χ0n) is 10.8. The fourth-order valence-corrected chi connectivity index (χ4v) is 2.08. The van der Waals surface area contributed by atoms with Gasteiger partial charge < -0.3 is 19.9 Å². The van der Waals surface area contributed by atoms with Crippen LogP contribution in [0.5, 0.6) is 5.75 Å². The Bertz CT molecular complexity index is 353. The minimum atomic E-state index is -0.257. The molecular weight excluding hydrogens is 230 g/mol. The van der Waals surface area contributed by atoms with Crippen molar-refractivity contribution in [3.05, 3.63) is 29.8 Å². The molecule has 1 heterocycles. The van der Waals surface area contributed by atoms with Gasteiger partial charge in [0.1, 0.15) is 5.75 Å². The largest absolute Gasteiger partial charge is 0.497 e. The average Bonchev–Trinajstić information content (AvgIpc) is 2.45. The van der Waals surface area contributed by atoms with Crippen molar-refractivity contribution >= 4 is 0 Å². The normalized spacial score (nSPS) is 23.9. The molecule has 1 fully saturated rings. The van der Waals surface area contributed by atoms with Crippen LogP contribution in [0.1, 0.15) is 31.1 Å². The van der Waals surface area contributed by atoms with E-state index in [-0.39, 0.29) is 12.4 Å². The van der Waals surface area contributed by atoms with E-state index in [0.29, 0.717) is 6.54 Å². The molecule has 1 aromatic carbocycles. The van der Waals surface area contributed by atoms with Gasteiger partial charge in [-0.3, -0.25) is 0 Å². The molecular formula is C14H21NO3. The topological polar surface area (TPSA) is 53.7 Å². The Kier molecular flexibility index (Phi) is 4.99. The van der Waals surface area contributed by atoms with Crippen molar-refractivity contribution in [3.63, 3.8) is 0 Å². The molecule has 0 spiro atoms. The minimum Gasteiger partial charge on any atom is -0.497 e. The van der Waals surface area contributed by atoms with Crippen LogP contribution < -0.4 is 10.5 Å². The highest BCUT2D eigenvalue weighted by Crippen LogP contribution is 2.28. The van der Waals surface area contributed by atoms with Gasteiger partial charge >= 0.3 is 0 Å². The van der Waals surface area contributed by atoms with E-state index in [9.17, 15) is 0 Å². The molecule has 1 aromatic rings. The maximum atomic E-state index is 5.93. The van der Waals surface area contributed by atoms with Gasteiger partial charge in [0.15, 0.2) is 6.29 Å². The third-order valence-corrected chi connectivity index (χ3v) is 3.14. The minimum absolute atomic E-state index is 0.257. The van der Waals surface area contributed by atoms with Gasteiger partial charge in [0, 0.05) is 5.56 Å². The van der Waals surface area contributed by atoms with E-state index in [1.54, 1.807) is 7.11 Å². The summed E-state index contributed by atoms with van der Waals surface area (Å²) in [7, 11) is 1.66. The van der Waals surface area contributed by atoms with Gasteiger partial charge in [0.2, 0.25) is 0 Å².